The van der Waals surface area contributed by atoms with Gasteiger partial charge in [0, 0.05) is 35.1 Å². The van der Waals surface area contributed by atoms with Gasteiger partial charge in [-0.1, -0.05) is 116 Å². The molecule has 5 atom stereocenters. The Hall–Kier alpha value is -4.93. The zero-order chi connectivity index (χ0) is 36.3. The van der Waals surface area contributed by atoms with E-state index in [1.807, 2.05) is 115 Å². The van der Waals surface area contributed by atoms with Crippen LogP contribution in [0.4, 0.5) is 4.79 Å². The van der Waals surface area contributed by atoms with Gasteiger partial charge in [-0.05, 0) is 57.6 Å². The van der Waals surface area contributed by atoms with Crippen molar-refractivity contribution in [2.75, 3.05) is 12.9 Å². The first-order valence-electron chi connectivity index (χ1n) is 17.4. The third-order valence-corrected chi connectivity index (χ3v) is 10.3. The summed E-state index contributed by atoms with van der Waals surface area (Å²) < 4.78 is 18.4. The maximum absolute atomic E-state index is 12.9. The summed E-state index contributed by atoms with van der Waals surface area (Å²) >= 11 is 1.77. The summed E-state index contributed by atoms with van der Waals surface area (Å²) in [5.41, 5.74) is 6.60. The van der Waals surface area contributed by atoms with Crippen molar-refractivity contribution in [2.45, 2.75) is 55.9 Å². The van der Waals surface area contributed by atoms with Crippen LogP contribution in [0.5, 0.6) is 0 Å². The molecule has 0 aromatic heterocycles. The molecule has 1 aliphatic rings. The van der Waals surface area contributed by atoms with Crippen molar-refractivity contribution in [3.05, 3.63) is 161 Å². The van der Waals surface area contributed by atoms with E-state index in [-0.39, 0.29) is 31.3 Å². The summed E-state index contributed by atoms with van der Waals surface area (Å²) in [5, 5.41) is 15.2. The summed E-state index contributed by atoms with van der Waals surface area (Å²) in [7, 11) is 1.31. The molecule has 1 aliphatic heterocycles. The SMILES string of the molecule is COC(=O)[C@H](Cc1ccccc1)NC(=O)NCc1cccc(-c2cccc([C@H]3O[C@@H](CSc4ccccc4)[C@@H](C)[C@@H](c4ccc(CO)cc4)O3)c2)c1. The van der Waals surface area contributed by atoms with Gasteiger partial charge in [0.2, 0.25) is 0 Å². The molecule has 2 amide bonds. The van der Waals surface area contributed by atoms with E-state index in [9.17, 15) is 14.7 Å². The fourth-order valence-corrected chi connectivity index (χ4v) is 7.40. The Morgan fingerprint density at radius 1 is 0.769 bits per heavy atom. The predicted molar refractivity (Wildman–Crippen MR) is 203 cm³/mol. The fourth-order valence-electron chi connectivity index (χ4n) is 6.31. The van der Waals surface area contributed by atoms with Gasteiger partial charge in [0.15, 0.2) is 6.29 Å². The number of benzene rings is 5. The molecule has 52 heavy (non-hydrogen) atoms. The van der Waals surface area contributed by atoms with Gasteiger partial charge in [0.25, 0.3) is 0 Å². The monoisotopic (exact) mass is 716 g/mol. The highest BCUT2D eigenvalue weighted by Gasteiger charge is 2.38. The Bertz CT molecular complexity index is 1910. The van der Waals surface area contributed by atoms with Crippen molar-refractivity contribution in [1.82, 2.24) is 10.6 Å². The molecule has 8 nitrogen and oxygen atoms in total. The number of rotatable bonds is 13. The first-order valence-corrected chi connectivity index (χ1v) is 18.4. The number of aliphatic hydroxyl groups is 1. The number of thioether (sulfide) groups is 1. The van der Waals surface area contributed by atoms with Crippen molar-refractivity contribution in [3.8, 4) is 11.1 Å². The third kappa shape index (κ3) is 9.68. The zero-order valence-corrected chi connectivity index (χ0v) is 30.1. The standard InChI is InChI=1S/C43H44N2O6S/c1-29-39(28-52-37-17-7-4-8-18-37)50-42(51-40(29)33-21-19-31(27-46)20-22-33)36-16-10-15-35(25-36)34-14-9-13-32(23-34)26-44-43(48)45-38(41(47)49-2)24-30-11-5-3-6-12-30/h3-23,25,29,38-40,42,46H,24,26-28H2,1-2H3,(H2,44,45,48)/t29-,38+,39+,40+,42+/m1/s1. The minimum atomic E-state index is -0.815. The van der Waals surface area contributed by atoms with Crippen LogP contribution in [0, 0.1) is 5.92 Å². The molecule has 0 bridgehead atoms. The van der Waals surface area contributed by atoms with Crippen molar-refractivity contribution in [1.29, 1.82) is 0 Å². The number of ether oxygens (including phenoxy) is 3. The summed E-state index contributed by atoms with van der Waals surface area (Å²) in [4.78, 5) is 26.5. The molecule has 5 aromatic rings. The van der Waals surface area contributed by atoms with Gasteiger partial charge in [-0.25, -0.2) is 9.59 Å². The molecule has 6 rings (SSSR count). The number of urea groups is 1. The molecule has 0 radical (unpaired) electrons. The number of carbonyl (C=O) groups is 2. The number of nitrogens with one attached hydrogen (secondary N) is 2. The molecular formula is C43H44N2O6S. The maximum atomic E-state index is 12.9. The van der Waals surface area contributed by atoms with Crippen molar-refractivity contribution < 1.29 is 28.9 Å². The summed E-state index contributed by atoms with van der Waals surface area (Å²) in [6.07, 6.45) is -0.554. The molecule has 1 saturated heterocycles. The van der Waals surface area contributed by atoms with Crippen molar-refractivity contribution in [3.63, 3.8) is 0 Å². The van der Waals surface area contributed by atoms with Crippen LogP contribution in [-0.2, 0) is 38.6 Å². The van der Waals surface area contributed by atoms with Gasteiger partial charge in [-0.15, -0.1) is 11.8 Å². The number of esters is 1. The normalized spacial score (nSPS) is 19.0. The van der Waals surface area contributed by atoms with E-state index >= 15 is 0 Å². The number of methoxy groups -OCH3 is 1. The van der Waals surface area contributed by atoms with Crippen LogP contribution < -0.4 is 10.6 Å². The molecule has 1 heterocycles. The maximum Gasteiger partial charge on any atom is 0.328 e. The lowest BCUT2D eigenvalue weighted by Gasteiger charge is -2.41. The Kier molecular flexibility index (Phi) is 12.8. The second kappa shape index (κ2) is 18.0. The van der Waals surface area contributed by atoms with Gasteiger partial charge in [0.1, 0.15) is 6.04 Å². The summed E-state index contributed by atoms with van der Waals surface area (Å²) in [6, 6.07) is 42.7. The first-order chi connectivity index (χ1) is 25.4. The summed E-state index contributed by atoms with van der Waals surface area (Å²) in [6.45, 7) is 2.43. The molecule has 0 unspecified atom stereocenters. The summed E-state index contributed by atoms with van der Waals surface area (Å²) in [5.74, 6) is 0.345. The second-order valence-corrected chi connectivity index (χ2v) is 14.0. The molecule has 3 N–H and O–H groups in total. The lowest BCUT2D eigenvalue weighted by Crippen LogP contribution is -2.47. The third-order valence-electron chi connectivity index (χ3n) is 9.23. The molecule has 5 aromatic carbocycles. The predicted octanol–water partition coefficient (Wildman–Crippen LogP) is 8.01. The molecule has 9 heteroatoms. The fraction of sp³-hybridized carbons (Fsp3) is 0.256. The van der Waals surface area contributed by atoms with Gasteiger partial charge in [0.05, 0.1) is 25.9 Å². The molecule has 0 saturated carbocycles. The molecular weight excluding hydrogens is 673 g/mol. The van der Waals surface area contributed by atoms with Crippen molar-refractivity contribution >= 4 is 23.8 Å². The highest BCUT2D eigenvalue weighted by Crippen LogP contribution is 2.43. The quantitative estimate of drug-likeness (QED) is 0.0838. The minimum absolute atomic E-state index is 0.00863. The van der Waals surface area contributed by atoms with E-state index in [0.717, 1.165) is 44.7 Å². The van der Waals surface area contributed by atoms with Gasteiger partial charge < -0.3 is 30.0 Å². The second-order valence-electron chi connectivity index (χ2n) is 12.9. The van der Waals surface area contributed by atoms with Gasteiger partial charge >= 0.3 is 12.0 Å². The Morgan fingerprint density at radius 2 is 1.44 bits per heavy atom. The van der Waals surface area contributed by atoms with Crippen LogP contribution in [-0.4, -0.2) is 42.1 Å². The van der Waals surface area contributed by atoms with E-state index in [2.05, 4.69) is 35.8 Å². The number of hydrogen-bond donors (Lipinski definition) is 3. The van der Waals surface area contributed by atoms with Gasteiger partial charge in [-0.3, -0.25) is 0 Å². The molecule has 0 aliphatic carbocycles. The molecule has 1 fully saturated rings. The Morgan fingerprint density at radius 3 is 2.15 bits per heavy atom. The highest BCUT2D eigenvalue weighted by atomic mass is 32.2. The minimum Gasteiger partial charge on any atom is -0.467 e. The van der Waals surface area contributed by atoms with E-state index in [1.165, 1.54) is 12.0 Å². The van der Waals surface area contributed by atoms with Gasteiger partial charge in [-0.2, -0.15) is 0 Å². The lowest BCUT2D eigenvalue weighted by atomic mass is 9.91. The average Bonchev–Trinajstić information content (AvgIpc) is 3.20. The highest BCUT2D eigenvalue weighted by molar-refractivity contribution is 7.99. The Labute approximate surface area is 309 Å². The van der Waals surface area contributed by atoms with Crippen LogP contribution in [0.3, 0.4) is 0 Å². The lowest BCUT2D eigenvalue weighted by molar-refractivity contribution is -0.268. The average molecular weight is 717 g/mol. The number of carbonyl (C=O) groups excluding carboxylic acids is 2. The topological polar surface area (TPSA) is 106 Å². The van der Waals surface area contributed by atoms with E-state index in [4.69, 9.17) is 14.2 Å². The zero-order valence-electron chi connectivity index (χ0n) is 29.3. The van der Waals surface area contributed by atoms with Crippen LogP contribution >= 0.6 is 11.8 Å². The van der Waals surface area contributed by atoms with Crippen LogP contribution in [0.15, 0.2) is 138 Å². The van der Waals surface area contributed by atoms with Crippen LogP contribution in [0.25, 0.3) is 11.1 Å². The first kappa shape index (κ1) is 36.8. The Balaban J connectivity index is 1.15. The van der Waals surface area contributed by atoms with Crippen LogP contribution in [0.2, 0.25) is 0 Å². The van der Waals surface area contributed by atoms with Crippen LogP contribution in [0.1, 0.15) is 47.1 Å². The molecule has 0 spiro atoms. The van der Waals surface area contributed by atoms with E-state index < -0.39 is 24.3 Å². The largest absolute Gasteiger partial charge is 0.467 e. The molecule has 268 valence electrons. The number of aliphatic hydroxyl groups excluding tert-OH is 1. The smallest absolute Gasteiger partial charge is 0.328 e. The van der Waals surface area contributed by atoms with E-state index in [0.29, 0.717) is 6.42 Å². The number of hydrogen-bond acceptors (Lipinski definition) is 7. The van der Waals surface area contributed by atoms with Crippen molar-refractivity contribution in [2.24, 2.45) is 5.92 Å². The van der Waals surface area contributed by atoms with E-state index in [1.54, 1.807) is 11.8 Å². The number of amides is 2.